The first kappa shape index (κ1) is 8.80. The van der Waals surface area contributed by atoms with Crippen molar-refractivity contribution in [3.05, 3.63) is 36.0 Å². The zero-order chi connectivity index (χ0) is 9.10. The van der Waals surface area contributed by atoms with E-state index in [2.05, 4.69) is 37.3 Å². The number of hydrogen-bond acceptors (Lipinski definition) is 0. The fraction of sp³-hybridized carbons (Fsp3) is 0.538. The maximum Gasteiger partial charge on any atom is 0.00114 e. The lowest BCUT2D eigenvalue weighted by molar-refractivity contribution is 0.734. The summed E-state index contributed by atoms with van der Waals surface area (Å²) in [7, 11) is 0. The second-order valence-corrected chi connectivity index (χ2v) is 4.19. The zero-order valence-corrected chi connectivity index (χ0v) is 8.37. The second-order valence-electron chi connectivity index (χ2n) is 4.19. The van der Waals surface area contributed by atoms with E-state index in [9.17, 15) is 0 Å². The quantitative estimate of drug-likeness (QED) is 0.529. The molecule has 70 valence electrons. The third kappa shape index (κ3) is 2.12. The van der Waals surface area contributed by atoms with Crippen LogP contribution in [-0.2, 0) is 0 Å². The van der Waals surface area contributed by atoms with E-state index in [1.165, 1.54) is 25.7 Å². The van der Waals surface area contributed by atoms with Crippen LogP contribution in [0.3, 0.4) is 0 Å². The van der Waals surface area contributed by atoms with Gasteiger partial charge in [-0.2, -0.15) is 0 Å². The van der Waals surface area contributed by atoms with Crippen LogP contribution >= 0.6 is 0 Å². The van der Waals surface area contributed by atoms with Gasteiger partial charge in [0.25, 0.3) is 0 Å². The lowest BCUT2D eigenvalue weighted by Crippen LogP contribution is -1.96. The molecule has 2 rings (SSSR count). The molecule has 0 saturated heterocycles. The highest BCUT2D eigenvalue weighted by atomic mass is 14.2. The van der Waals surface area contributed by atoms with Crippen LogP contribution in [0.1, 0.15) is 32.6 Å². The molecule has 0 aromatic heterocycles. The average Bonchev–Trinajstić information content (AvgIpc) is 2.56. The van der Waals surface area contributed by atoms with Crippen molar-refractivity contribution in [3.63, 3.8) is 0 Å². The van der Waals surface area contributed by atoms with Crippen molar-refractivity contribution in [2.45, 2.75) is 32.6 Å². The summed E-state index contributed by atoms with van der Waals surface area (Å²) >= 11 is 0. The molecule has 0 N–H and O–H groups in total. The molecular weight excluding hydrogens is 156 g/mol. The van der Waals surface area contributed by atoms with Gasteiger partial charge in [-0.1, -0.05) is 42.9 Å². The standard InChI is InChI=1S/C13H18/c1-11-5-4-8-13(10-9-11)12-6-2-3-7-12/h4-6,9-11,13H,2-3,7-8H2,1H3. The molecule has 0 aromatic carbocycles. The lowest BCUT2D eigenvalue weighted by Gasteiger charge is -2.10. The van der Waals surface area contributed by atoms with Gasteiger partial charge in [0, 0.05) is 5.92 Å². The van der Waals surface area contributed by atoms with E-state index >= 15 is 0 Å². The first-order valence-electron chi connectivity index (χ1n) is 5.40. The van der Waals surface area contributed by atoms with Crippen molar-refractivity contribution >= 4 is 0 Å². The molecule has 0 amide bonds. The van der Waals surface area contributed by atoms with Crippen LogP contribution in [0.15, 0.2) is 36.0 Å². The monoisotopic (exact) mass is 174 g/mol. The Morgan fingerprint density at radius 2 is 2.15 bits per heavy atom. The Kier molecular flexibility index (Phi) is 2.68. The molecule has 0 aromatic rings. The average molecular weight is 174 g/mol. The first-order valence-corrected chi connectivity index (χ1v) is 5.40. The molecule has 0 fully saturated rings. The molecule has 0 aliphatic heterocycles. The summed E-state index contributed by atoms with van der Waals surface area (Å²) in [5.74, 6) is 1.34. The molecule has 0 bridgehead atoms. The van der Waals surface area contributed by atoms with Gasteiger partial charge in [-0.25, -0.2) is 0 Å². The molecule has 13 heavy (non-hydrogen) atoms. The summed E-state index contributed by atoms with van der Waals surface area (Å²) in [6.45, 7) is 2.25. The Morgan fingerprint density at radius 3 is 2.92 bits per heavy atom. The molecule has 2 unspecified atom stereocenters. The van der Waals surface area contributed by atoms with Crippen LogP contribution in [0.4, 0.5) is 0 Å². The summed E-state index contributed by atoms with van der Waals surface area (Å²) < 4.78 is 0. The fourth-order valence-electron chi connectivity index (χ4n) is 2.20. The Bertz CT molecular complexity index is 255. The fourth-order valence-corrected chi connectivity index (χ4v) is 2.20. The summed E-state index contributed by atoms with van der Waals surface area (Å²) in [6.07, 6.45) is 17.1. The van der Waals surface area contributed by atoms with Crippen LogP contribution in [0, 0.1) is 11.8 Å². The van der Waals surface area contributed by atoms with Gasteiger partial charge in [0.1, 0.15) is 0 Å². The van der Waals surface area contributed by atoms with Crippen LogP contribution in [0.2, 0.25) is 0 Å². The van der Waals surface area contributed by atoms with Gasteiger partial charge in [0.15, 0.2) is 0 Å². The van der Waals surface area contributed by atoms with Crippen molar-refractivity contribution in [1.29, 1.82) is 0 Å². The minimum absolute atomic E-state index is 0.631. The Hall–Kier alpha value is -0.780. The van der Waals surface area contributed by atoms with E-state index in [0.29, 0.717) is 11.8 Å². The van der Waals surface area contributed by atoms with E-state index in [1.54, 1.807) is 5.57 Å². The van der Waals surface area contributed by atoms with Gasteiger partial charge >= 0.3 is 0 Å². The topological polar surface area (TPSA) is 0 Å². The Balaban J connectivity index is 2.07. The molecular formula is C13H18. The Labute approximate surface area is 81.0 Å². The second kappa shape index (κ2) is 3.95. The minimum Gasteiger partial charge on any atom is -0.0870 e. The van der Waals surface area contributed by atoms with Gasteiger partial charge in [0.05, 0.1) is 0 Å². The van der Waals surface area contributed by atoms with Crippen molar-refractivity contribution in [2.24, 2.45) is 11.8 Å². The van der Waals surface area contributed by atoms with Gasteiger partial charge in [-0.15, -0.1) is 0 Å². The van der Waals surface area contributed by atoms with Gasteiger partial charge in [0.2, 0.25) is 0 Å². The molecule has 2 atom stereocenters. The van der Waals surface area contributed by atoms with Crippen molar-refractivity contribution in [3.8, 4) is 0 Å². The van der Waals surface area contributed by atoms with E-state index in [1.807, 2.05) is 0 Å². The van der Waals surface area contributed by atoms with Crippen LogP contribution in [0.25, 0.3) is 0 Å². The van der Waals surface area contributed by atoms with E-state index in [4.69, 9.17) is 0 Å². The van der Waals surface area contributed by atoms with Gasteiger partial charge in [-0.05, 0) is 31.6 Å². The zero-order valence-electron chi connectivity index (χ0n) is 8.37. The molecule has 0 nitrogen and oxygen atoms in total. The minimum atomic E-state index is 0.631. The first-order chi connectivity index (χ1) is 6.36. The van der Waals surface area contributed by atoms with Crippen LogP contribution in [-0.4, -0.2) is 0 Å². The Morgan fingerprint density at radius 1 is 1.23 bits per heavy atom. The molecule has 0 heterocycles. The normalized spacial score (nSPS) is 33.2. The number of allylic oxidation sites excluding steroid dienone is 6. The van der Waals surface area contributed by atoms with Crippen LogP contribution < -0.4 is 0 Å². The SMILES string of the molecule is CC1C=CCC(C2=CCCC2)C=C1. The summed E-state index contributed by atoms with van der Waals surface area (Å²) in [4.78, 5) is 0. The van der Waals surface area contributed by atoms with Crippen molar-refractivity contribution < 1.29 is 0 Å². The third-order valence-electron chi connectivity index (χ3n) is 3.03. The highest BCUT2D eigenvalue weighted by Crippen LogP contribution is 2.30. The molecule has 2 aliphatic rings. The molecule has 0 heteroatoms. The molecule has 2 aliphatic carbocycles. The highest BCUT2D eigenvalue weighted by Gasteiger charge is 2.14. The molecule has 0 spiro atoms. The van der Waals surface area contributed by atoms with Crippen molar-refractivity contribution in [1.82, 2.24) is 0 Å². The van der Waals surface area contributed by atoms with E-state index in [0.717, 1.165) is 0 Å². The predicted octanol–water partition coefficient (Wildman–Crippen LogP) is 3.87. The maximum atomic E-state index is 2.44. The van der Waals surface area contributed by atoms with E-state index in [-0.39, 0.29) is 0 Å². The summed E-state index contributed by atoms with van der Waals surface area (Å²) in [5.41, 5.74) is 1.68. The number of hydrogen-bond donors (Lipinski definition) is 0. The predicted molar refractivity (Wildman–Crippen MR) is 57.5 cm³/mol. The summed E-state index contributed by atoms with van der Waals surface area (Å²) in [5, 5.41) is 0. The molecule has 0 saturated carbocycles. The van der Waals surface area contributed by atoms with E-state index < -0.39 is 0 Å². The molecule has 0 radical (unpaired) electrons. The van der Waals surface area contributed by atoms with Gasteiger partial charge < -0.3 is 0 Å². The third-order valence-corrected chi connectivity index (χ3v) is 3.03. The van der Waals surface area contributed by atoms with Crippen LogP contribution in [0.5, 0.6) is 0 Å². The highest BCUT2D eigenvalue weighted by molar-refractivity contribution is 5.21. The van der Waals surface area contributed by atoms with Crippen molar-refractivity contribution in [2.75, 3.05) is 0 Å². The smallest absolute Gasteiger partial charge is 0.00114 e. The number of rotatable bonds is 1. The lowest BCUT2D eigenvalue weighted by atomic mass is 9.95. The largest absolute Gasteiger partial charge is 0.0870 e. The van der Waals surface area contributed by atoms with Gasteiger partial charge in [-0.3, -0.25) is 0 Å². The maximum absolute atomic E-state index is 2.44. The summed E-state index contributed by atoms with van der Waals surface area (Å²) in [6, 6.07) is 0.